The Morgan fingerprint density at radius 2 is 1.67 bits per heavy atom. The molecule has 2 amide bonds. The van der Waals surface area contributed by atoms with Gasteiger partial charge in [-0.3, -0.25) is 4.79 Å². The summed E-state index contributed by atoms with van der Waals surface area (Å²) >= 11 is 0. The number of piperidine rings is 1. The summed E-state index contributed by atoms with van der Waals surface area (Å²) in [6, 6.07) is 27.3. The fourth-order valence-electron chi connectivity index (χ4n) is 5.60. The van der Waals surface area contributed by atoms with E-state index in [0.29, 0.717) is 31.6 Å². The van der Waals surface area contributed by atoms with Gasteiger partial charge in [0.25, 0.3) is 5.91 Å². The Hall–Kier alpha value is -4.11. The number of sulfonamides is 1. The second-order valence-electron chi connectivity index (χ2n) is 11.0. The number of nitrogens with zero attached hydrogens (tertiary/aromatic N) is 2. The summed E-state index contributed by atoms with van der Waals surface area (Å²) in [5.41, 5.74) is 4.39. The Kier molecular flexibility index (Phi) is 9.27. The molecule has 2 heterocycles. The van der Waals surface area contributed by atoms with Gasteiger partial charge in [0.1, 0.15) is 12.3 Å². The first-order valence-corrected chi connectivity index (χ1v) is 16.1. The zero-order valence-electron chi connectivity index (χ0n) is 23.9. The molecule has 42 heavy (non-hydrogen) atoms. The lowest BCUT2D eigenvalue weighted by Gasteiger charge is -2.31. The molecule has 1 aliphatic rings. The SMILES string of the molecule is Cc1ccc2cc(C(=O)NS(=O)(=O)CC3CCCN(C(=O)OCc4ccccc4)C3)n(CCCc3ccccc3)c2c1. The van der Waals surface area contributed by atoms with Crippen molar-refractivity contribution in [2.45, 2.75) is 45.8 Å². The molecular formula is C33H37N3O5S. The fraction of sp³-hybridized carbons (Fsp3) is 0.333. The van der Waals surface area contributed by atoms with Crippen LogP contribution in [0.4, 0.5) is 4.79 Å². The number of aryl methyl sites for hydroxylation is 3. The van der Waals surface area contributed by atoms with E-state index in [9.17, 15) is 18.0 Å². The number of rotatable bonds is 10. The molecule has 1 aromatic heterocycles. The highest BCUT2D eigenvalue weighted by Gasteiger charge is 2.30. The minimum Gasteiger partial charge on any atom is -0.445 e. The smallest absolute Gasteiger partial charge is 0.410 e. The van der Waals surface area contributed by atoms with Crippen LogP contribution in [0, 0.1) is 12.8 Å². The number of hydrogen-bond acceptors (Lipinski definition) is 5. The third-order valence-electron chi connectivity index (χ3n) is 7.67. The van der Waals surface area contributed by atoms with Gasteiger partial charge in [0, 0.05) is 30.5 Å². The molecule has 5 rings (SSSR count). The molecule has 0 aliphatic carbocycles. The van der Waals surface area contributed by atoms with Crippen molar-refractivity contribution in [2.75, 3.05) is 18.8 Å². The summed E-state index contributed by atoms with van der Waals surface area (Å²) in [5, 5.41) is 0.889. The van der Waals surface area contributed by atoms with Gasteiger partial charge < -0.3 is 14.2 Å². The van der Waals surface area contributed by atoms with E-state index in [2.05, 4.69) is 16.9 Å². The summed E-state index contributed by atoms with van der Waals surface area (Å²) < 4.78 is 36.0. The van der Waals surface area contributed by atoms with E-state index < -0.39 is 22.0 Å². The highest BCUT2D eigenvalue weighted by Crippen LogP contribution is 2.24. The fourth-order valence-corrected chi connectivity index (χ4v) is 6.97. The van der Waals surface area contributed by atoms with Crippen molar-refractivity contribution in [1.82, 2.24) is 14.2 Å². The van der Waals surface area contributed by atoms with Gasteiger partial charge in [-0.25, -0.2) is 17.9 Å². The first-order chi connectivity index (χ1) is 20.3. The van der Waals surface area contributed by atoms with Crippen molar-refractivity contribution in [3.8, 4) is 0 Å². The van der Waals surface area contributed by atoms with Crippen LogP contribution in [0.2, 0.25) is 0 Å². The Bertz CT molecular complexity index is 1630. The van der Waals surface area contributed by atoms with E-state index in [1.54, 1.807) is 11.0 Å². The maximum absolute atomic E-state index is 13.4. The molecule has 1 N–H and O–H groups in total. The van der Waals surface area contributed by atoms with E-state index in [0.717, 1.165) is 34.9 Å². The number of hydrogen-bond donors (Lipinski definition) is 1. The summed E-state index contributed by atoms with van der Waals surface area (Å²) in [5.74, 6) is -1.18. The number of ether oxygens (including phenoxy) is 1. The lowest BCUT2D eigenvalue weighted by atomic mass is 10.0. The van der Waals surface area contributed by atoms with Gasteiger partial charge in [-0.2, -0.15) is 0 Å². The molecule has 3 aromatic carbocycles. The topological polar surface area (TPSA) is 97.7 Å². The summed E-state index contributed by atoms with van der Waals surface area (Å²) in [4.78, 5) is 27.6. The van der Waals surface area contributed by atoms with Crippen LogP contribution in [0.15, 0.2) is 84.9 Å². The van der Waals surface area contributed by atoms with Crippen LogP contribution in [0.3, 0.4) is 0 Å². The van der Waals surface area contributed by atoms with E-state index >= 15 is 0 Å². The average Bonchev–Trinajstić information content (AvgIpc) is 3.34. The number of fused-ring (bicyclic) bond motifs is 1. The second kappa shape index (κ2) is 13.2. The normalized spacial score (nSPS) is 15.5. The third-order valence-corrected chi connectivity index (χ3v) is 9.07. The van der Waals surface area contributed by atoms with Crippen LogP contribution in [0.1, 0.15) is 46.4 Å². The number of aromatic nitrogens is 1. The van der Waals surface area contributed by atoms with Gasteiger partial charge in [-0.1, -0.05) is 72.8 Å². The number of carbonyl (C=O) groups is 2. The number of amides is 2. The van der Waals surface area contributed by atoms with Gasteiger partial charge in [0.05, 0.1) is 5.75 Å². The lowest BCUT2D eigenvalue weighted by molar-refractivity contribution is 0.0811. The molecule has 220 valence electrons. The van der Waals surface area contributed by atoms with Crippen LogP contribution in [0.5, 0.6) is 0 Å². The first kappa shape index (κ1) is 29.4. The van der Waals surface area contributed by atoms with Crippen molar-refractivity contribution in [1.29, 1.82) is 0 Å². The molecule has 8 nitrogen and oxygen atoms in total. The maximum Gasteiger partial charge on any atom is 0.410 e. The summed E-state index contributed by atoms with van der Waals surface area (Å²) in [6.07, 6.45) is 2.51. The van der Waals surface area contributed by atoms with Crippen LogP contribution in [-0.4, -0.2) is 48.7 Å². The van der Waals surface area contributed by atoms with Crippen LogP contribution >= 0.6 is 0 Å². The standard InChI is InChI=1S/C33H37N3O5S/c1-25-16-17-29-21-31(36(30(29)20-25)19-9-14-26-10-4-2-5-11-26)32(37)34-42(39,40)24-28-15-8-18-35(22-28)33(38)41-23-27-12-6-3-7-13-27/h2-7,10-13,16-17,20-21,28H,8-9,14-15,18-19,22-24H2,1H3,(H,34,37). The minimum atomic E-state index is -3.95. The van der Waals surface area contributed by atoms with Gasteiger partial charge in [0.2, 0.25) is 10.0 Å². The first-order valence-electron chi connectivity index (χ1n) is 14.4. The minimum absolute atomic E-state index is 0.161. The average molecular weight is 588 g/mol. The van der Waals surface area contributed by atoms with Crippen LogP contribution < -0.4 is 4.72 Å². The molecule has 0 radical (unpaired) electrons. The summed E-state index contributed by atoms with van der Waals surface area (Å²) in [7, 11) is -3.95. The van der Waals surface area contributed by atoms with Crippen LogP contribution in [-0.2, 0) is 34.3 Å². The van der Waals surface area contributed by atoms with Crippen molar-refractivity contribution in [2.24, 2.45) is 5.92 Å². The maximum atomic E-state index is 13.4. The monoisotopic (exact) mass is 587 g/mol. The molecule has 1 atom stereocenters. The van der Waals surface area contributed by atoms with E-state index in [1.165, 1.54) is 5.56 Å². The number of carbonyl (C=O) groups excluding carboxylic acids is 2. The molecular weight excluding hydrogens is 550 g/mol. The molecule has 1 saturated heterocycles. The third kappa shape index (κ3) is 7.59. The Morgan fingerprint density at radius 3 is 2.40 bits per heavy atom. The van der Waals surface area contributed by atoms with Gasteiger partial charge in [-0.05, 0) is 67.3 Å². The highest BCUT2D eigenvalue weighted by molar-refractivity contribution is 7.90. The van der Waals surface area contributed by atoms with Gasteiger partial charge >= 0.3 is 6.09 Å². The second-order valence-corrected chi connectivity index (χ2v) is 12.8. The number of nitrogens with one attached hydrogen (secondary N) is 1. The summed E-state index contributed by atoms with van der Waals surface area (Å²) in [6.45, 7) is 3.51. The van der Waals surface area contributed by atoms with Gasteiger partial charge in [0.15, 0.2) is 0 Å². The van der Waals surface area contributed by atoms with Crippen molar-refractivity contribution in [3.05, 3.63) is 107 Å². The number of benzene rings is 3. The molecule has 4 aromatic rings. The van der Waals surface area contributed by atoms with Crippen LogP contribution in [0.25, 0.3) is 10.9 Å². The van der Waals surface area contributed by atoms with E-state index in [1.807, 2.05) is 78.2 Å². The van der Waals surface area contributed by atoms with Gasteiger partial charge in [-0.15, -0.1) is 0 Å². The van der Waals surface area contributed by atoms with Crippen molar-refractivity contribution in [3.63, 3.8) is 0 Å². The molecule has 9 heteroatoms. The predicted molar refractivity (Wildman–Crippen MR) is 164 cm³/mol. The molecule has 1 unspecified atom stereocenters. The van der Waals surface area contributed by atoms with E-state index in [-0.39, 0.29) is 24.8 Å². The molecule has 0 spiro atoms. The van der Waals surface area contributed by atoms with Crippen molar-refractivity contribution < 1.29 is 22.7 Å². The molecule has 0 saturated carbocycles. The van der Waals surface area contributed by atoms with Crippen molar-refractivity contribution >= 4 is 32.9 Å². The Morgan fingerprint density at radius 1 is 0.952 bits per heavy atom. The Labute approximate surface area is 247 Å². The predicted octanol–water partition coefficient (Wildman–Crippen LogP) is 5.69. The zero-order chi connectivity index (χ0) is 29.5. The highest BCUT2D eigenvalue weighted by atomic mass is 32.2. The molecule has 1 aliphatic heterocycles. The quantitative estimate of drug-likeness (QED) is 0.257. The molecule has 0 bridgehead atoms. The number of likely N-dealkylation sites (tertiary alicyclic amines) is 1. The van der Waals surface area contributed by atoms with E-state index in [4.69, 9.17) is 4.74 Å². The lowest BCUT2D eigenvalue weighted by Crippen LogP contribution is -2.44. The largest absolute Gasteiger partial charge is 0.445 e. The Balaban J connectivity index is 1.23. The zero-order valence-corrected chi connectivity index (χ0v) is 24.7. The molecule has 1 fully saturated rings.